The second-order valence-corrected chi connectivity index (χ2v) is 9.69. The first-order valence-corrected chi connectivity index (χ1v) is 13.2. The molecule has 3 aromatic rings. The molecule has 5 rings (SSSR count). The van der Waals surface area contributed by atoms with Crippen molar-refractivity contribution in [2.45, 2.75) is 13.0 Å². The Balaban J connectivity index is 1.45. The van der Waals surface area contributed by atoms with Crippen LogP contribution in [0.15, 0.2) is 60.1 Å². The molecule has 0 N–H and O–H groups in total. The third-order valence-corrected chi connectivity index (χ3v) is 7.50. The average Bonchev–Trinajstić information content (AvgIpc) is 3.00. The van der Waals surface area contributed by atoms with E-state index in [1.54, 1.807) is 41.6 Å². The lowest BCUT2D eigenvalue weighted by molar-refractivity contribution is -0.114. The molecule has 1 aliphatic carbocycles. The van der Waals surface area contributed by atoms with E-state index >= 15 is 0 Å². The maximum absolute atomic E-state index is 11.8. The SMILES string of the molecule is COC1=CC(=O)CC=C1N1CCN(Cc2cnc(-c3ccc(OC)c(OC)c3)c3cc(OC)c(OC)cc23)CC1. The summed E-state index contributed by atoms with van der Waals surface area (Å²) in [6.07, 6.45) is 5.94. The molecule has 2 aromatic carbocycles. The van der Waals surface area contributed by atoms with Crippen LogP contribution >= 0.6 is 0 Å². The Morgan fingerprint density at radius 1 is 0.775 bits per heavy atom. The summed E-state index contributed by atoms with van der Waals surface area (Å²) in [4.78, 5) is 21.5. The standard InChI is InChI=1S/C31H35N3O6/c1-36-26-9-6-20(14-28(26)38-3)31-24-17-30(40-5)29(39-4)16-23(24)21(18-32-31)19-33-10-12-34(13-11-33)25-8-7-22(35)15-27(25)37-2/h6,8-9,14-18H,7,10-13,19H2,1-5H3. The Bertz CT molecular complexity index is 1470. The molecule has 1 saturated heterocycles. The summed E-state index contributed by atoms with van der Waals surface area (Å²) in [6, 6.07) is 9.83. The number of rotatable bonds is 9. The van der Waals surface area contributed by atoms with Gasteiger partial charge in [0.15, 0.2) is 28.8 Å². The molecule has 2 aliphatic rings. The summed E-state index contributed by atoms with van der Waals surface area (Å²) in [7, 11) is 8.15. The molecule has 1 aromatic heterocycles. The number of aromatic nitrogens is 1. The maximum Gasteiger partial charge on any atom is 0.163 e. The predicted molar refractivity (Wildman–Crippen MR) is 153 cm³/mol. The molecule has 0 spiro atoms. The molecule has 1 fully saturated rings. The summed E-state index contributed by atoms with van der Waals surface area (Å²) in [5.74, 6) is 3.33. The second-order valence-electron chi connectivity index (χ2n) is 9.69. The Morgan fingerprint density at radius 2 is 1.43 bits per heavy atom. The summed E-state index contributed by atoms with van der Waals surface area (Å²) in [5, 5.41) is 2.02. The van der Waals surface area contributed by atoms with Gasteiger partial charge in [0.2, 0.25) is 0 Å². The van der Waals surface area contributed by atoms with Gasteiger partial charge in [-0.2, -0.15) is 0 Å². The van der Waals surface area contributed by atoms with E-state index in [1.165, 1.54) is 0 Å². The number of hydrogen-bond acceptors (Lipinski definition) is 9. The van der Waals surface area contributed by atoms with Crippen molar-refractivity contribution in [3.63, 3.8) is 0 Å². The lowest BCUT2D eigenvalue weighted by atomic mass is 9.99. The van der Waals surface area contributed by atoms with E-state index in [1.807, 2.05) is 42.6 Å². The van der Waals surface area contributed by atoms with Gasteiger partial charge in [0.1, 0.15) is 5.76 Å². The van der Waals surface area contributed by atoms with Crippen molar-refractivity contribution in [3.05, 3.63) is 65.7 Å². The fourth-order valence-electron chi connectivity index (χ4n) is 5.37. The highest BCUT2D eigenvalue weighted by atomic mass is 16.5. The van der Waals surface area contributed by atoms with Gasteiger partial charge in [-0.05, 0) is 47.4 Å². The number of hydrogen-bond donors (Lipinski definition) is 0. The Hall–Kier alpha value is -4.24. The lowest BCUT2D eigenvalue weighted by Crippen LogP contribution is -2.46. The highest BCUT2D eigenvalue weighted by molar-refractivity contribution is 5.98. The van der Waals surface area contributed by atoms with E-state index < -0.39 is 0 Å². The number of ketones is 1. The van der Waals surface area contributed by atoms with Gasteiger partial charge >= 0.3 is 0 Å². The van der Waals surface area contributed by atoms with Crippen molar-refractivity contribution in [1.29, 1.82) is 0 Å². The van der Waals surface area contributed by atoms with Gasteiger partial charge in [-0.25, -0.2) is 0 Å². The molecule has 2 heterocycles. The molecule has 0 radical (unpaired) electrons. The molecule has 0 saturated carbocycles. The Kier molecular flexibility index (Phi) is 8.11. The first-order valence-electron chi connectivity index (χ1n) is 13.2. The fourth-order valence-corrected chi connectivity index (χ4v) is 5.37. The van der Waals surface area contributed by atoms with Crippen molar-refractivity contribution in [3.8, 4) is 34.3 Å². The van der Waals surface area contributed by atoms with Crippen LogP contribution in [0.3, 0.4) is 0 Å². The second kappa shape index (κ2) is 11.9. The van der Waals surface area contributed by atoms with Crippen LogP contribution in [0.2, 0.25) is 0 Å². The minimum absolute atomic E-state index is 0.0715. The summed E-state index contributed by atoms with van der Waals surface area (Å²) in [5.41, 5.74) is 3.85. The van der Waals surface area contributed by atoms with Crippen LogP contribution in [0.25, 0.3) is 22.0 Å². The molecular formula is C31H35N3O6. The zero-order valence-electron chi connectivity index (χ0n) is 23.7. The predicted octanol–water partition coefficient (Wildman–Crippen LogP) is 4.44. The van der Waals surface area contributed by atoms with Gasteiger partial charge in [-0.15, -0.1) is 0 Å². The average molecular weight is 546 g/mol. The summed E-state index contributed by atoms with van der Waals surface area (Å²) < 4.78 is 27.8. The van der Waals surface area contributed by atoms with Gasteiger partial charge < -0.3 is 28.6 Å². The van der Waals surface area contributed by atoms with Gasteiger partial charge in [-0.3, -0.25) is 14.7 Å². The fraction of sp³-hybridized carbons (Fsp3) is 0.355. The van der Waals surface area contributed by atoms with Crippen molar-refractivity contribution >= 4 is 16.6 Å². The summed E-state index contributed by atoms with van der Waals surface area (Å²) in [6.45, 7) is 4.16. The van der Waals surface area contributed by atoms with Crippen molar-refractivity contribution < 1.29 is 28.5 Å². The highest BCUT2D eigenvalue weighted by Gasteiger charge is 2.25. The lowest BCUT2D eigenvalue weighted by Gasteiger charge is -2.38. The van der Waals surface area contributed by atoms with Crippen LogP contribution in [0.4, 0.5) is 0 Å². The topological polar surface area (TPSA) is 82.6 Å². The monoisotopic (exact) mass is 545 g/mol. The number of benzene rings is 2. The van der Waals surface area contributed by atoms with Gasteiger partial charge in [0, 0.05) is 62.4 Å². The van der Waals surface area contributed by atoms with E-state index in [4.69, 9.17) is 28.7 Å². The van der Waals surface area contributed by atoms with Gasteiger partial charge in [-0.1, -0.05) is 0 Å². The number of nitrogens with zero attached hydrogens (tertiary/aromatic N) is 3. The minimum Gasteiger partial charge on any atom is -0.494 e. The number of piperazine rings is 1. The number of methoxy groups -OCH3 is 5. The number of allylic oxidation sites excluding steroid dienone is 2. The molecule has 0 bridgehead atoms. The third-order valence-electron chi connectivity index (χ3n) is 7.50. The van der Waals surface area contributed by atoms with Gasteiger partial charge in [0.05, 0.1) is 46.9 Å². The molecular weight excluding hydrogens is 510 g/mol. The molecule has 40 heavy (non-hydrogen) atoms. The van der Waals surface area contributed by atoms with E-state index in [2.05, 4.69) is 9.80 Å². The molecule has 0 unspecified atom stereocenters. The maximum atomic E-state index is 11.8. The highest BCUT2D eigenvalue weighted by Crippen LogP contribution is 2.40. The molecule has 210 valence electrons. The molecule has 0 atom stereocenters. The summed E-state index contributed by atoms with van der Waals surface area (Å²) >= 11 is 0. The van der Waals surface area contributed by atoms with Crippen LogP contribution < -0.4 is 18.9 Å². The van der Waals surface area contributed by atoms with Crippen LogP contribution in [-0.2, 0) is 16.1 Å². The van der Waals surface area contributed by atoms with Crippen molar-refractivity contribution in [2.75, 3.05) is 61.7 Å². The molecule has 9 heteroatoms. The molecule has 1 aliphatic heterocycles. The van der Waals surface area contributed by atoms with Crippen LogP contribution in [0, 0.1) is 0 Å². The number of pyridine rings is 1. The number of fused-ring (bicyclic) bond motifs is 1. The van der Waals surface area contributed by atoms with Crippen LogP contribution in [0.1, 0.15) is 12.0 Å². The first kappa shape index (κ1) is 27.3. The van der Waals surface area contributed by atoms with E-state index in [-0.39, 0.29) is 5.78 Å². The van der Waals surface area contributed by atoms with Crippen LogP contribution in [-0.4, -0.2) is 82.3 Å². The quantitative estimate of drug-likeness (QED) is 0.388. The molecule has 9 nitrogen and oxygen atoms in total. The first-order chi connectivity index (χ1) is 19.5. The number of carbonyl (C=O) groups is 1. The van der Waals surface area contributed by atoms with Crippen molar-refractivity contribution in [1.82, 2.24) is 14.8 Å². The normalized spacial score (nSPS) is 15.9. The smallest absolute Gasteiger partial charge is 0.163 e. The van der Waals surface area contributed by atoms with Gasteiger partial charge in [0.25, 0.3) is 0 Å². The van der Waals surface area contributed by atoms with E-state index in [0.717, 1.165) is 66.0 Å². The zero-order chi connectivity index (χ0) is 28.2. The van der Waals surface area contributed by atoms with Crippen molar-refractivity contribution in [2.24, 2.45) is 0 Å². The Labute approximate surface area is 234 Å². The van der Waals surface area contributed by atoms with Crippen LogP contribution in [0.5, 0.6) is 23.0 Å². The largest absolute Gasteiger partial charge is 0.494 e. The number of ether oxygens (including phenoxy) is 5. The Morgan fingerprint density at radius 3 is 2.08 bits per heavy atom. The zero-order valence-corrected chi connectivity index (χ0v) is 23.7. The van der Waals surface area contributed by atoms with E-state index in [9.17, 15) is 4.79 Å². The van der Waals surface area contributed by atoms with E-state index in [0.29, 0.717) is 35.2 Å². The molecule has 0 amide bonds. The number of carbonyl (C=O) groups excluding carboxylic acids is 1. The minimum atomic E-state index is 0.0715. The third kappa shape index (κ3) is 5.29.